The van der Waals surface area contributed by atoms with Crippen LogP contribution in [0.2, 0.25) is 0 Å². The van der Waals surface area contributed by atoms with Crippen molar-refractivity contribution in [3.8, 4) is 0 Å². The van der Waals surface area contributed by atoms with Crippen LogP contribution in [-0.4, -0.2) is 36.9 Å². The van der Waals surface area contributed by atoms with E-state index in [0.29, 0.717) is 0 Å². The molecular weight excluding hydrogens is 182 g/mol. The summed E-state index contributed by atoms with van der Waals surface area (Å²) in [6.45, 7) is 2.46. The fraction of sp³-hybridized carbons (Fsp3) is 0.778. The Kier molecular flexibility index (Phi) is 4.03. The van der Waals surface area contributed by atoms with Gasteiger partial charge in [-0.25, -0.2) is 0 Å². The Labute approximate surface area is 83.4 Å². The lowest BCUT2D eigenvalue weighted by atomic mass is 10.1. The molecule has 1 aliphatic heterocycles. The molecule has 14 heavy (non-hydrogen) atoms. The van der Waals surface area contributed by atoms with Crippen LogP contribution in [0, 0.1) is 0 Å². The van der Waals surface area contributed by atoms with E-state index in [1.807, 2.05) is 0 Å². The van der Waals surface area contributed by atoms with Gasteiger partial charge in [0.25, 0.3) is 0 Å². The molecule has 2 atom stereocenters. The second kappa shape index (κ2) is 5.07. The van der Waals surface area contributed by atoms with Crippen molar-refractivity contribution in [2.24, 2.45) is 5.73 Å². The zero-order valence-corrected chi connectivity index (χ0v) is 8.38. The molecule has 0 aliphatic carbocycles. The van der Waals surface area contributed by atoms with Crippen molar-refractivity contribution >= 4 is 11.7 Å². The minimum Gasteiger partial charge on any atom is -0.344 e. The van der Waals surface area contributed by atoms with Crippen LogP contribution < -0.4 is 16.4 Å². The molecule has 1 saturated heterocycles. The predicted octanol–water partition coefficient (Wildman–Crippen LogP) is -1.23. The maximum atomic E-state index is 11.5. The van der Waals surface area contributed by atoms with Crippen molar-refractivity contribution in [3.05, 3.63) is 0 Å². The molecule has 1 rings (SSSR count). The van der Waals surface area contributed by atoms with Gasteiger partial charge in [0.1, 0.15) is 0 Å². The van der Waals surface area contributed by atoms with Crippen LogP contribution in [0.3, 0.4) is 0 Å². The Hall–Kier alpha value is -0.940. The standard InChI is InChI=1S/C9H17N3O2/c1-6(13)8(5-10)12-9(14)7-3-2-4-11-7/h7-8,11H,2-5,10H2,1H3,(H,12,14)/t7-,8-/m0/s1. The van der Waals surface area contributed by atoms with E-state index < -0.39 is 6.04 Å². The van der Waals surface area contributed by atoms with Crippen molar-refractivity contribution in [1.82, 2.24) is 10.6 Å². The maximum Gasteiger partial charge on any atom is 0.237 e. The molecule has 0 saturated carbocycles. The topological polar surface area (TPSA) is 84.2 Å². The van der Waals surface area contributed by atoms with Crippen molar-refractivity contribution in [3.63, 3.8) is 0 Å². The van der Waals surface area contributed by atoms with Crippen molar-refractivity contribution in [2.75, 3.05) is 13.1 Å². The lowest BCUT2D eigenvalue weighted by molar-refractivity contribution is -0.127. The van der Waals surface area contributed by atoms with Crippen LogP contribution in [0.4, 0.5) is 0 Å². The lowest BCUT2D eigenvalue weighted by Gasteiger charge is -2.16. The Morgan fingerprint density at radius 3 is 2.79 bits per heavy atom. The predicted molar refractivity (Wildman–Crippen MR) is 52.7 cm³/mol. The fourth-order valence-corrected chi connectivity index (χ4v) is 1.51. The molecule has 0 unspecified atom stereocenters. The van der Waals surface area contributed by atoms with Crippen LogP contribution >= 0.6 is 0 Å². The third-order valence-electron chi connectivity index (χ3n) is 2.42. The van der Waals surface area contributed by atoms with Gasteiger partial charge in [-0.3, -0.25) is 9.59 Å². The van der Waals surface area contributed by atoms with E-state index in [2.05, 4.69) is 10.6 Å². The summed E-state index contributed by atoms with van der Waals surface area (Å²) in [5.41, 5.74) is 5.36. The Morgan fingerprint density at radius 2 is 2.36 bits per heavy atom. The quantitative estimate of drug-likeness (QED) is 0.529. The van der Waals surface area contributed by atoms with Crippen LogP contribution in [0.25, 0.3) is 0 Å². The first-order valence-corrected chi connectivity index (χ1v) is 4.89. The van der Waals surface area contributed by atoms with Gasteiger partial charge in [0.05, 0.1) is 12.1 Å². The third kappa shape index (κ3) is 2.78. The number of carbonyl (C=O) groups is 2. The van der Waals surface area contributed by atoms with Crippen LogP contribution in [0.1, 0.15) is 19.8 Å². The molecule has 4 N–H and O–H groups in total. The smallest absolute Gasteiger partial charge is 0.237 e. The van der Waals surface area contributed by atoms with Crippen LogP contribution in [0.5, 0.6) is 0 Å². The fourth-order valence-electron chi connectivity index (χ4n) is 1.51. The number of nitrogens with one attached hydrogen (secondary N) is 2. The highest BCUT2D eigenvalue weighted by atomic mass is 16.2. The maximum absolute atomic E-state index is 11.5. The van der Waals surface area contributed by atoms with E-state index in [9.17, 15) is 9.59 Å². The van der Waals surface area contributed by atoms with E-state index >= 15 is 0 Å². The van der Waals surface area contributed by atoms with Gasteiger partial charge in [0, 0.05) is 6.54 Å². The van der Waals surface area contributed by atoms with Gasteiger partial charge < -0.3 is 16.4 Å². The van der Waals surface area contributed by atoms with Crippen molar-refractivity contribution in [2.45, 2.75) is 31.8 Å². The molecule has 1 aliphatic rings. The number of amides is 1. The zero-order chi connectivity index (χ0) is 10.6. The van der Waals surface area contributed by atoms with Gasteiger partial charge in [-0.2, -0.15) is 0 Å². The first kappa shape index (κ1) is 11.1. The summed E-state index contributed by atoms with van der Waals surface area (Å²) in [6.07, 6.45) is 1.84. The molecule has 0 radical (unpaired) electrons. The summed E-state index contributed by atoms with van der Waals surface area (Å²) in [5, 5.41) is 5.69. The Morgan fingerprint density at radius 1 is 1.64 bits per heavy atom. The first-order chi connectivity index (χ1) is 6.65. The molecule has 1 heterocycles. The monoisotopic (exact) mass is 199 g/mol. The SMILES string of the molecule is CC(=O)[C@H](CN)NC(=O)[C@@H]1CCCN1. The number of hydrogen-bond acceptors (Lipinski definition) is 4. The number of ketones is 1. The molecule has 1 fully saturated rings. The average molecular weight is 199 g/mol. The van der Waals surface area contributed by atoms with E-state index in [0.717, 1.165) is 19.4 Å². The van der Waals surface area contributed by atoms with Crippen molar-refractivity contribution < 1.29 is 9.59 Å². The molecule has 80 valence electrons. The highest BCUT2D eigenvalue weighted by Gasteiger charge is 2.24. The minimum absolute atomic E-state index is 0.0983. The molecule has 0 bridgehead atoms. The third-order valence-corrected chi connectivity index (χ3v) is 2.42. The van der Waals surface area contributed by atoms with E-state index in [1.54, 1.807) is 0 Å². The number of nitrogens with two attached hydrogens (primary N) is 1. The minimum atomic E-state index is -0.537. The average Bonchev–Trinajstić information content (AvgIpc) is 2.65. The second-order valence-electron chi connectivity index (χ2n) is 3.56. The number of carbonyl (C=O) groups excluding carboxylic acids is 2. The Balaban J connectivity index is 2.41. The van der Waals surface area contributed by atoms with Crippen molar-refractivity contribution in [1.29, 1.82) is 0 Å². The van der Waals surface area contributed by atoms with E-state index in [-0.39, 0.29) is 24.3 Å². The summed E-state index contributed by atoms with van der Waals surface area (Å²) in [7, 11) is 0. The molecule has 5 nitrogen and oxygen atoms in total. The van der Waals surface area contributed by atoms with Gasteiger partial charge in [-0.15, -0.1) is 0 Å². The second-order valence-corrected chi connectivity index (χ2v) is 3.56. The van der Waals surface area contributed by atoms with E-state index in [4.69, 9.17) is 5.73 Å². The molecule has 5 heteroatoms. The normalized spacial score (nSPS) is 23.1. The number of hydrogen-bond donors (Lipinski definition) is 3. The molecule has 0 aromatic carbocycles. The zero-order valence-electron chi connectivity index (χ0n) is 8.38. The van der Waals surface area contributed by atoms with Gasteiger partial charge >= 0.3 is 0 Å². The molecule has 0 spiro atoms. The largest absolute Gasteiger partial charge is 0.344 e. The van der Waals surface area contributed by atoms with Crippen LogP contribution in [-0.2, 0) is 9.59 Å². The van der Waals surface area contributed by atoms with Gasteiger partial charge in [-0.05, 0) is 26.3 Å². The number of Topliss-reactive ketones (excluding diaryl/α,β-unsaturated/α-hetero) is 1. The summed E-state index contributed by atoms with van der Waals surface area (Å²) in [6, 6.07) is -0.687. The summed E-state index contributed by atoms with van der Waals surface area (Å²) in [4.78, 5) is 22.5. The first-order valence-electron chi connectivity index (χ1n) is 4.89. The van der Waals surface area contributed by atoms with Gasteiger partial charge in [0.15, 0.2) is 5.78 Å². The molecule has 1 amide bonds. The Bertz CT molecular complexity index is 224. The van der Waals surface area contributed by atoms with Gasteiger partial charge in [0.2, 0.25) is 5.91 Å². The highest BCUT2D eigenvalue weighted by molar-refractivity contribution is 5.89. The lowest BCUT2D eigenvalue weighted by Crippen LogP contribution is -2.50. The highest BCUT2D eigenvalue weighted by Crippen LogP contribution is 2.04. The number of rotatable bonds is 4. The van der Waals surface area contributed by atoms with Gasteiger partial charge in [-0.1, -0.05) is 0 Å². The molecule has 0 aromatic heterocycles. The van der Waals surface area contributed by atoms with E-state index in [1.165, 1.54) is 6.92 Å². The van der Waals surface area contributed by atoms with Crippen LogP contribution in [0.15, 0.2) is 0 Å². The summed E-state index contributed by atoms with van der Waals surface area (Å²) < 4.78 is 0. The molecule has 0 aromatic rings. The summed E-state index contributed by atoms with van der Waals surface area (Å²) >= 11 is 0. The molecular formula is C9H17N3O2. The summed E-state index contributed by atoms with van der Waals surface area (Å²) in [5.74, 6) is -0.216.